The van der Waals surface area contributed by atoms with Gasteiger partial charge in [0.05, 0.1) is 17.2 Å². The van der Waals surface area contributed by atoms with Gasteiger partial charge in [0.15, 0.2) is 0 Å². The fourth-order valence-corrected chi connectivity index (χ4v) is 5.24. The van der Waals surface area contributed by atoms with Crippen LogP contribution in [0.4, 0.5) is 0 Å². The van der Waals surface area contributed by atoms with E-state index in [1.807, 2.05) is 47.9 Å². The van der Waals surface area contributed by atoms with Crippen molar-refractivity contribution in [3.63, 3.8) is 0 Å². The Morgan fingerprint density at radius 1 is 1.06 bits per heavy atom. The van der Waals surface area contributed by atoms with Crippen molar-refractivity contribution < 1.29 is 14.4 Å². The SMILES string of the molecule is O=C(CCN1C(=O)C2CC=CCC2C1=O)Nn1cnc2scc(-c3ccccc3)c2c1=O. The number of carbonyl (C=O) groups excluding carboxylic acids is 3. The zero-order valence-electron chi connectivity index (χ0n) is 17.1. The number of allylic oxidation sites excluding steroid dienone is 2. The second-order valence-corrected chi connectivity index (χ2v) is 8.74. The molecule has 0 radical (unpaired) electrons. The molecule has 3 heterocycles. The second kappa shape index (κ2) is 8.16. The van der Waals surface area contributed by atoms with Gasteiger partial charge in [-0.1, -0.05) is 42.5 Å². The number of likely N-dealkylation sites (tertiary alicyclic amines) is 1. The van der Waals surface area contributed by atoms with Gasteiger partial charge in [-0.15, -0.1) is 11.3 Å². The van der Waals surface area contributed by atoms with Crippen molar-refractivity contribution in [3.05, 3.63) is 64.5 Å². The minimum Gasteiger partial charge on any atom is -0.282 e. The molecule has 0 spiro atoms. The van der Waals surface area contributed by atoms with E-state index in [1.54, 1.807) is 0 Å². The predicted molar refractivity (Wildman–Crippen MR) is 120 cm³/mol. The summed E-state index contributed by atoms with van der Waals surface area (Å²) in [7, 11) is 0. The van der Waals surface area contributed by atoms with E-state index in [-0.39, 0.29) is 42.2 Å². The van der Waals surface area contributed by atoms with Gasteiger partial charge in [-0.2, -0.15) is 0 Å². The smallest absolute Gasteiger partial charge is 0.281 e. The highest BCUT2D eigenvalue weighted by Crippen LogP contribution is 2.35. The van der Waals surface area contributed by atoms with Crippen LogP contribution in [0.15, 0.2) is 59.0 Å². The maximum Gasteiger partial charge on any atom is 0.281 e. The Bertz CT molecular complexity index is 1280. The van der Waals surface area contributed by atoms with Crippen LogP contribution < -0.4 is 11.0 Å². The summed E-state index contributed by atoms with van der Waals surface area (Å²) in [5.74, 6) is -1.55. The Morgan fingerprint density at radius 2 is 1.75 bits per heavy atom. The second-order valence-electron chi connectivity index (χ2n) is 7.88. The van der Waals surface area contributed by atoms with Crippen molar-refractivity contribution in [2.75, 3.05) is 12.0 Å². The Kier molecular flexibility index (Phi) is 5.18. The number of nitrogens with one attached hydrogen (secondary N) is 1. The van der Waals surface area contributed by atoms with Gasteiger partial charge < -0.3 is 0 Å². The van der Waals surface area contributed by atoms with E-state index in [4.69, 9.17) is 0 Å². The number of imide groups is 1. The molecular formula is C23H20N4O4S. The van der Waals surface area contributed by atoms with Crippen LogP contribution in [0.2, 0.25) is 0 Å². The monoisotopic (exact) mass is 448 g/mol. The Labute approximate surface area is 187 Å². The van der Waals surface area contributed by atoms with Crippen molar-refractivity contribution in [3.8, 4) is 11.1 Å². The number of nitrogens with zero attached hydrogens (tertiary/aromatic N) is 3. The molecule has 3 aromatic rings. The van der Waals surface area contributed by atoms with E-state index in [9.17, 15) is 19.2 Å². The van der Waals surface area contributed by atoms with Gasteiger partial charge in [-0.25, -0.2) is 9.66 Å². The molecule has 2 aromatic heterocycles. The lowest BCUT2D eigenvalue weighted by Crippen LogP contribution is -2.37. The first-order valence-electron chi connectivity index (χ1n) is 10.4. The van der Waals surface area contributed by atoms with E-state index >= 15 is 0 Å². The molecule has 0 bridgehead atoms. The summed E-state index contributed by atoms with van der Waals surface area (Å²) in [6.45, 7) is -0.00532. The number of rotatable bonds is 5. The van der Waals surface area contributed by atoms with E-state index in [2.05, 4.69) is 10.4 Å². The van der Waals surface area contributed by atoms with Crippen LogP contribution in [0.1, 0.15) is 19.3 Å². The molecule has 2 aliphatic rings. The van der Waals surface area contributed by atoms with Crippen molar-refractivity contribution in [1.82, 2.24) is 14.6 Å². The predicted octanol–water partition coefficient (Wildman–Crippen LogP) is 2.54. The van der Waals surface area contributed by atoms with E-state index in [1.165, 1.54) is 22.6 Å². The summed E-state index contributed by atoms with van der Waals surface area (Å²) < 4.78 is 1.06. The molecule has 8 nitrogen and oxygen atoms in total. The van der Waals surface area contributed by atoms with Gasteiger partial charge in [0, 0.05) is 23.9 Å². The third-order valence-corrected chi connectivity index (χ3v) is 6.87. The topological polar surface area (TPSA) is 101 Å². The molecule has 0 saturated carbocycles. The Balaban J connectivity index is 1.31. The molecule has 3 amide bonds. The first kappa shape index (κ1) is 20.3. The molecule has 1 N–H and O–H groups in total. The number of hydrogen-bond donors (Lipinski definition) is 1. The zero-order valence-corrected chi connectivity index (χ0v) is 17.9. The largest absolute Gasteiger partial charge is 0.282 e. The summed E-state index contributed by atoms with van der Waals surface area (Å²) >= 11 is 1.36. The summed E-state index contributed by atoms with van der Waals surface area (Å²) in [6.07, 6.45) is 6.15. The average Bonchev–Trinajstić information content (AvgIpc) is 3.35. The molecule has 9 heteroatoms. The van der Waals surface area contributed by atoms with Crippen LogP contribution in [0.3, 0.4) is 0 Å². The van der Waals surface area contributed by atoms with Crippen LogP contribution in [-0.2, 0) is 14.4 Å². The molecule has 1 aliphatic heterocycles. The van der Waals surface area contributed by atoms with Gasteiger partial charge >= 0.3 is 0 Å². The number of aromatic nitrogens is 2. The number of thiophene rings is 1. The summed E-state index contributed by atoms with van der Waals surface area (Å²) in [5.41, 5.74) is 3.80. The molecule has 1 saturated heterocycles. The van der Waals surface area contributed by atoms with Crippen molar-refractivity contribution in [1.29, 1.82) is 0 Å². The van der Waals surface area contributed by atoms with Gasteiger partial charge in [0.1, 0.15) is 11.2 Å². The minimum absolute atomic E-state index is 0.00532. The third kappa shape index (κ3) is 3.44. The first-order chi connectivity index (χ1) is 15.5. The zero-order chi connectivity index (χ0) is 22.2. The first-order valence-corrected chi connectivity index (χ1v) is 11.3. The molecule has 2 unspecified atom stereocenters. The van der Waals surface area contributed by atoms with Gasteiger partial charge in [0.2, 0.25) is 17.7 Å². The Hall–Kier alpha value is -3.59. The molecule has 32 heavy (non-hydrogen) atoms. The van der Waals surface area contributed by atoms with Gasteiger partial charge in [-0.3, -0.25) is 29.5 Å². The Morgan fingerprint density at radius 3 is 2.44 bits per heavy atom. The van der Waals surface area contributed by atoms with Gasteiger partial charge in [-0.05, 0) is 18.4 Å². The van der Waals surface area contributed by atoms with Crippen LogP contribution in [0.5, 0.6) is 0 Å². The molecular weight excluding hydrogens is 428 g/mol. The average molecular weight is 449 g/mol. The van der Waals surface area contributed by atoms with Gasteiger partial charge in [0.25, 0.3) is 5.56 Å². The molecule has 5 rings (SSSR count). The van der Waals surface area contributed by atoms with Crippen molar-refractivity contribution in [2.24, 2.45) is 11.8 Å². The summed E-state index contributed by atoms with van der Waals surface area (Å²) in [4.78, 5) is 56.7. The fraction of sp³-hybridized carbons (Fsp3) is 0.261. The van der Waals surface area contributed by atoms with E-state index in [0.29, 0.717) is 23.1 Å². The number of carbonyl (C=O) groups is 3. The molecule has 162 valence electrons. The molecule has 1 aliphatic carbocycles. The summed E-state index contributed by atoms with van der Waals surface area (Å²) in [5, 5.41) is 2.31. The van der Waals surface area contributed by atoms with Crippen molar-refractivity contribution in [2.45, 2.75) is 19.3 Å². The lowest BCUT2D eigenvalue weighted by Gasteiger charge is -2.14. The maximum atomic E-state index is 13.0. The fourth-order valence-electron chi connectivity index (χ4n) is 4.34. The normalized spacial score (nSPS) is 20.1. The van der Waals surface area contributed by atoms with Crippen LogP contribution in [0.25, 0.3) is 21.3 Å². The van der Waals surface area contributed by atoms with Crippen LogP contribution in [0, 0.1) is 11.8 Å². The number of benzene rings is 1. The standard InChI is InChI=1S/C23H20N4O4S/c28-18(10-11-26-21(29)15-8-4-5-9-16(15)22(26)30)25-27-13-24-20-19(23(27)31)17(12-32-20)14-6-2-1-3-7-14/h1-7,12-13,15-16H,8-11H2,(H,25,28). The highest BCUT2D eigenvalue weighted by Gasteiger charge is 2.46. The highest BCUT2D eigenvalue weighted by atomic mass is 32.1. The van der Waals surface area contributed by atoms with E-state index in [0.717, 1.165) is 15.8 Å². The molecule has 2 atom stereocenters. The molecule has 1 aromatic carbocycles. The highest BCUT2D eigenvalue weighted by molar-refractivity contribution is 7.17. The number of amides is 3. The summed E-state index contributed by atoms with van der Waals surface area (Å²) in [6, 6.07) is 9.50. The lowest BCUT2D eigenvalue weighted by molar-refractivity contribution is -0.140. The number of fused-ring (bicyclic) bond motifs is 2. The van der Waals surface area contributed by atoms with Crippen LogP contribution in [-0.4, -0.2) is 38.8 Å². The number of hydrogen-bond acceptors (Lipinski definition) is 6. The lowest BCUT2D eigenvalue weighted by atomic mass is 9.85. The third-order valence-electron chi connectivity index (χ3n) is 5.99. The van der Waals surface area contributed by atoms with Crippen molar-refractivity contribution >= 4 is 39.3 Å². The van der Waals surface area contributed by atoms with Crippen LogP contribution >= 0.6 is 11.3 Å². The minimum atomic E-state index is -0.474. The quantitative estimate of drug-likeness (QED) is 0.477. The van der Waals surface area contributed by atoms with E-state index < -0.39 is 5.91 Å². The maximum absolute atomic E-state index is 13.0. The molecule has 1 fully saturated rings.